The van der Waals surface area contributed by atoms with Crippen LogP contribution in [-0.4, -0.2) is 19.6 Å². The minimum Gasteiger partial charge on any atom is -0.495 e. The first-order valence-corrected chi connectivity index (χ1v) is 9.33. The van der Waals surface area contributed by atoms with Gasteiger partial charge in [0.15, 0.2) is 6.61 Å². The van der Waals surface area contributed by atoms with E-state index in [-0.39, 0.29) is 17.9 Å². The maximum absolute atomic E-state index is 12.5. The highest BCUT2D eigenvalue weighted by Crippen LogP contribution is 2.31. The molecule has 2 aromatic carbocycles. The van der Waals surface area contributed by atoms with Crippen LogP contribution < -0.4 is 14.8 Å². The van der Waals surface area contributed by atoms with Crippen molar-refractivity contribution in [3.05, 3.63) is 53.1 Å². The molecule has 0 saturated carbocycles. The summed E-state index contributed by atoms with van der Waals surface area (Å²) >= 11 is 0. The first-order valence-electron chi connectivity index (χ1n) is 9.33. The van der Waals surface area contributed by atoms with Gasteiger partial charge in [0.05, 0.1) is 12.8 Å². The summed E-state index contributed by atoms with van der Waals surface area (Å²) in [6, 6.07) is 12.0. The maximum Gasteiger partial charge on any atom is 0.262 e. The Bertz CT molecular complexity index is 804. The molecule has 27 heavy (non-hydrogen) atoms. The molecule has 0 aliphatic carbocycles. The Morgan fingerprint density at radius 2 is 1.78 bits per heavy atom. The summed E-state index contributed by atoms with van der Waals surface area (Å²) < 4.78 is 11.2. The predicted octanol–water partition coefficient (Wildman–Crippen LogP) is 5.44. The van der Waals surface area contributed by atoms with E-state index in [4.69, 9.17) is 9.47 Å². The Hall–Kier alpha value is -2.49. The van der Waals surface area contributed by atoms with Gasteiger partial charge < -0.3 is 14.8 Å². The number of ether oxygens (including phenoxy) is 2. The Morgan fingerprint density at radius 1 is 1.07 bits per heavy atom. The molecule has 1 N–H and O–H groups in total. The van der Waals surface area contributed by atoms with Crippen LogP contribution in [0.4, 0.5) is 5.69 Å². The van der Waals surface area contributed by atoms with Gasteiger partial charge in [-0.3, -0.25) is 4.79 Å². The quantitative estimate of drug-likeness (QED) is 0.737. The monoisotopic (exact) mass is 369 g/mol. The number of methoxy groups -OCH3 is 1. The predicted molar refractivity (Wildman–Crippen MR) is 111 cm³/mol. The van der Waals surface area contributed by atoms with Gasteiger partial charge in [-0.05, 0) is 53.1 Å². The average Bonchev–Trinajstić information content (AvgIpc) is 2.60. The molecule has 2 aromatic rings. The lowest BCUT2D eigenvalue weighted by atomic mass is 9.87. The zero-order valence-corrected chi connectivity index (χ0v) is 17.5. The molecule has 0 aliphatic heterocycles. The fourth-order valence-electron chi connectivity index (χ4n) is 2.73. The van der Waals surface area contributed by atoms with E-state index in [1.165, 1.54) is 5.56 Å². The Balaban J connectivity index is 2.11. The molecule has 1 amide bonds. The second-order valence-corrected chi connectivity index (χ2v) is 8.18. The van der Waals surface area contributed by atoms with Crippen LogP contribution in [0.2, 0.25) is 0 Å². The van der Waals surface area contributed by atoms with E-state index in [9.17, 15) is 4.79 Å². The minimum absolute atomic E-state index is 0.0172. The van der Waals surface area contributed by atoms with Gasteiger partial charge in [0.2, 0.25) is 0 Å². The fourth-order valence-corrected chi connectivity index (χ4v) is 2.73. The maximum atomic E-state index is 12.5. The molecular formula is C23H31NO3. The molecule has 4 nitrogen and oxygen atoms in total. The lowest BCUT2D eigenvalue weighted by molar-refractivity contribution is -0.118. The second kappa shape index (κ2) is 8.47. The smallest absolute Gasteiger partial charge is 0.262 e. The number of hydrogen-bond acceptors (Lipinski definition) is 3. The number of benzene rings is 2. The van der Waals surface area contributed by atoms with Crippen molar-refractivity contribution < 1.29 is 14.3 Å². The van der Waals surface area contributed by atoms with Crippen LogP contribution in [0.1, 0.15) is 57.2 Å². The fraction of sp³-hybridized carbons (Fsp3) is 0.435. The number of anilines is 1. The molecule has 0 spiro atoms. The van der Waals surface area contributed by atoms with Gasteiger partial charge in [-0.15, -0.1) is 0 Å². The standard InChI is InChI=1S/C23H31NO3/c1-15(2)17-9-8-16(3)21(12-17)27-14-22(25)24-19-13-18(23(4,5)6)10-11-20(19)26-7/h8-13,15H,14H2,1-7H3,(H,24,25). The minimum atomic E-state index is -0.214. The highest BCUT2D eigenvalue weighted by molar-refractivity contribution is 5.93. The van der Waals surface area contributed by atoms with Crippen LogP contribution >= 0.6 is 0 Å². The molecule has 146 valence electrons. The molecule has 2 rings (SSSR count). The van der Waals surface area contributed by atoms with Gasteiger partial charge in [-0.25, -0.2) is 0 Å². The molecular weight excluding hydrogens is 338 g/mol. The van der Waals surface area contributed by atoms with Crippen molar-refractivity contribution in [1.29, 1.82) is 0 Å². The van der Waals surface area contributed by atoms with Crippen molar-refractivity contribution >= 4 is 11.6 Å². The molecule has 0 aromatic heterocycles. The van der Waals surface area contributed by atoms with Gasteiger partial charge >= 0.3 is 0 Å². The van der Waals surface area contributed by atoms with Gasteiger partial charge in [0, 0.05) is 0 Å². The topological polar surface area (TPSA) is 47.6 Å². The summed E-state index contributed by atoms with van der Waals surface area (Å²) in [7, 11) is 1.60. The Morgan fingerprint density at radius 3 is 2.37 bits per heavy atom. The lowest BCUT2D eigenvalue weighted by Gasteiger charge is -2.21. The first-order chi connectivity index (χ1) is 12.6. The van der Waals surface area contributed by atoms with Gasteiger partial charge in [-0.2, -0.15) is 0 Å². The van der Waals surface area contributed by atoms with Crippen LogP contribution in [0.25, 0.3) is 0 Å². The van der Waals surface area contributed by atoms with E-state index < -0.39 is 0 Å². The molecule has 0 bridgehead atoms. The molecule has 0 radical (unpaired) electrons. The Labute approximate surface area is 162 Å². The van der Waals surface area contributed by atoms with Gasteiger partial charge in [0.25, 0.3) is 5.91 Å². The molecule has 0 heterocycles. The number of nitrogens with one attached hydrogen (secondary N) is 1. The zero-order valence-electron chi connectivity index (χ0n) is 17.5. The number of hydrogen-bond donors (Lipinski definition) is 1. The van der Waals surface area contributed by atoms with Gasteiger partial charge in [0.1, 0.15) is 11.5 Å². The first kappa shape index (κ1) is 20.8. The van der Waals surface area contributed by atoms with E-state index in [1.54, 1.807) is 7.11 Å². The third kappa shape index (κ3) is 5.49. The van der Waals surface area contributed by atoms with E-state index >= 15 is 0 Å². The van der Waals surface area contributed by atoms with Crippen LogP contribution in [0, 0.1) is 6.92 Å². The van der Waals surface area contributed by atoms with E-state index in [0.717, 1.165) is 16.9 Å². The Kier molecular flexibility index (Phi) is 6.53. The number of amides is 1. The average molecular weight is 370 g/mol. The normalized spacial score (nSPS) is 11.4. The molecule has 0 aliphatic rings. The van der Waals surface area contributed by atoms with E-state index in [2.05, 4.69) is 46.0 Å². The molecule has 4 heteroatoms. The summed E-state index contributed by atoms with van der Waals surface area (Å²) in [5.74, 6) is 1.57. The SMILES string of the molecule is COc1ccc(C(C)(C)C)cc1NC(=O)COc1cc(C(C)C)ccc1C. The number of carbonyl (C=O) groups excluding carboxylic acids is 1. The van der Waals surface area contributed by atoms with Crippen LogP contribution in [0.5, 0.6) is 11.5 Å². The number of rotatable bonds is 6. The van der Waals surface area contributed by atoms with Crippen molar-refractivity contribution in [2.45, 2.75) is 52.9 Å². The zero-order chi connectivity index (χ0) is 20.2. The largest absolute Gasteiger partial charge is 0.495 e. The van der Waals surface area contributed by atoms with Crippen LogP contribution in [-0.2, 0) is 10.2 Å². The summed E-state index contributed by atoms with van der Waals surface area (Å²) in [6.07, 6.45) is 0. The summed E-state index contributed by atoms with van der Waals surface area (Å²) in [4.78, 5) is 12.5. The highest BCUT2D eigenvalue weighted by Gasteiger charge is 2.17. The van der Waals surface area contributed by atoms with Crippen molar-refractivity contribution in [2.75, 3.05) is 19.0 Å². The van der Waals surface area contributed by atoms with Gasteiger partial charge in [-0.1, -0.05) is 52.8 Å². The van der Waals surface area contributed by atoms with Crippen molar-refractivity contribution in [2.24, 2.45) is 0 Å². The summed E-state index contributed by atoms with van der Waals surface area (Å²) in [5.41, 5.74) is 3.97. The van der Waals surface area contributed by atoms with Crippen molar-refractivity contribution in [3.8, 4) is 11.5 Å². The van der Waals surface area contributed by atoms with Crippen molar-refractivity contribution in [1.82, 2.24) is 0 Å². The molecule has 0 atom stereocenters. The molecule has 0 fully saturated rings. The summed E-state index contributed by atoms with van der Waals surface area (Å²) in [5, 5.41) is 2.91. The van der Waals surface area contributed by atoms with E-state index in [0.29, 0.717) is 17.4 Å². The summed E-state index contributed by atoms with van der Waals surface area (Å²) in [6.45, 7) is 12.6. The van der Waals surface area contributed by atoms with Crippen LogP contribution in [0.3, 0.4) is 0 Å². The van der Waals surface area contributed by atoms with Crippen LogP contribution in [0.15, 0.2) is 36.4 Å². The van der Waals surface area contributed by atoms with E-state index in [1.807, 2.05) is 37.3 Å². The lowest BCUT2D eigenvalue weighted by Crippen LogP contribution is -2.21. The third-order valence-electron chi connectivity index (χ3n) is 4.58. The third-order valence-corrected chi connectivity index (χ3v) is 4.58. The van der Waals surface area contributed by atoms with Crippen molar-refractivity contribution in [3.63, 3.8) is 0 Å². The molecule has 0 saturated heterocycles. The molecule has 0 unspecified atom stereocenters. The number of carbonyl (C=O) groups is 1. The number of aryl methyl sites for hydroxylation is 1. The highest BCUT2D eigenvalue weighted by atomic mass is 16.5. The second-order valence-electron chi connectivity index (χ2n) is 8.18.